The molecule has 1 fully saturated rings. The van der Waals surface area contributed by atoms with Crippen molar-refractivity contribution in [1.82, 2.24) is 4.90 Å². The second-order valence-electron chi connectivity index (χ2n) is 4.33. The number of rotatable bonds is 3. The maximum atomic E-state index is 11.4. The Hall–Kier alpha value is -0.130. The van der Waals surface area contributed by atoms with E-state index in [2.05, 4.69) is 4.90 Å². The van der Waals surface area contributed by atoms with E-state index in [1.807, 2.05) is 6.92 Å². The van der Waals surface area contributed by atoms with Crippen LogP contribution >= 0.6 is 0 Å². The molecule has 2 N–H and O–H groups in total. The molecule has 1 heterocycles. The number of nitrogens with two attached hydrogens (primary N) is 1. The summed E-state index contributed by atoms with van der Waals surface area (Å²) in [4.78, 5) is 2.15. The molecule has 0 radical (unpaired) electrons. The third-order valence-electron chi connectivity index (χ3n) is 2.61. The Labute approximate surface area is 86.4 Å². The van der Waals surface area contributed by atoms with Crippen LogP contribution in [0.5, 0.6) is 0 Å². The van der Waals surface area contributed by atoms with Crippen LogP contribution in [0.3, 0.4) is 0 Å². The van der Waals surface area contributed by atoms with Crippen LogP contribution < -0.4 is 5.73 Å². The van der Waals surface area contributed by atoms with Gasteiger partial charge in [0.2, 0.25) is 0 Å². The molecule has 14 heavy (non-hydrogen) atoms. The number of hydrogen-bond donors (Lipinski definition) is 1. The highest BCUT2D eigenvalue weighted by Gasteiger charge is 2.27. The van der Waals surface area contributed by atoms with Gasteiger partial charge >= 0.3 is 0 Å². The largest absolute Gasteiger partial charge is 0.327 e. The summed E-state index contributed by atoms with van der Waals surface area (Å²) in [5.74, 6) is 0. The first-order chi connectivity index (χ1) is 6.39. The SMILES string of the molecule is CC(N)CN1CCCC(S(C)(=O)=O)C1. The van der Waals surface area contributed by atoms with Crippen molar-refractivity contribution < 1.29 is 8.42 Å². The van der Waals surface area contributed by atoms with Gasteiger partial charge in [-0.2, -0.15) is 0 Å². The first-order valence-electron chi connectivity index (χ1n) is 5.06. The summed E-state index contributed by atoms with van der Waals surface area (Å²) in [6, 6.07) is 0.119. The average molecular weight is 220 g/mol. The number of piperidine rings is 1. The standard InChI is InChI=1S/C9H20N2O2S/c1-8(10)6-11-5-3-4-9(7-11)14(2,12)13/h8-9H,3-7,10H2,1-2H3. The molecule has 1 rings (SSSR count). The van der Waals surface area contributed by atoms with Crippen molar-refractivity contribution in [2.45, 2.75) is 31.1 Å². The number of hydrogen-bond acceptors (Lipinski definition) is 4. The van der Waals surface area contributed by atoms with Crippen molar-refractivity contribution >= 4 is 9.84 Å². The number of nitrogens with zero attached hydrogens (tertiary/aromatic N) is 1. The van der Waals surface area contributed by atoms with Crippen molar-refractivity contribution in [3.63, 3.8) is 0 Å². The van der Waals surface area contributed by atoms with Crippen LogP contribution in [0.25, 0.3) is 0 Å². The Morgan fingerprint density at radius 3 is 2.71 bits per heavy atom. The van der Waals surface area contributed by atoms with E-state index < -0.39 is 9.84 Å². The van der Waals surface area contributed by atoms with Gasteiger partial charge in [-0.3, -0.25) is 0 Å². The zero-order chi connectivity index (χ0) is 10.8. The summed E-state index contributed by atoms with van der Waals surface area (Å²) in [6.45, 7) is 4.38. The first kappa shape index (κ1) is 11.9. The Bertz CT molecular complexity index is 275. The molecule has 0 aliphatic carbocycles. The zero-order valence-electron chi connectivity index (χ0n) is 8.94. The molecule has 0 saturated carbocycles. The molecule has 0 aromatic heterocycles. The highest BCUT2D eigenvalue weighted by molar-refractivity contribution is 7.91. The third kappa shape index (κ3) is 3.55. The minimum Gasteiger partial charge on any atom is -0.327 e. The fourth-order valence-electron chi connectivity index (χ4n) is 1.94. The summed E-state index contributed by atoms with van der Waals surface area (Å²) in [5, 5.41) is -0.185. The average Bonchev–Trinajstić information content (AvgIpc) is 2.01. The summed E-state index contributed by atoms with van der Waals surface area (Å²) in [7, 11) is -2.88. The Morgan fingerprint density at radius 1 is 1.57 bits per heavy atom. The highest BCUT2D eigenvalue weighted by Crippen LogP contribution is 2.16. The van der Waals surface area contributed by atoms with E-state index >= 15 is 0 Å². The van der Waals surface area contributed by atoms with Crippen molar-refractivity contribution in [3.8, 4) is 0 Å². The summed E-state index contributed by atoms with van der Waals surface area (Å²) >= 11 is 0. The van der Waals surface area contributed by atoms with Crippen molar-refractivity contribution in [2.75, 3.05) is 25.9 Å². The van der Waals surface area contributed by atoms with Crippen LogP contribution in [0, 0.1) is 0 Å². The van der Waals surface area contributed by atoms with Gasteiger partial charge in [-0.05, 0) is 26.3 Å². The quantitative estimate of drug-likeness (QED) is 0.718. The lowest BCUT2D eigenvalue weighted by molar-refractivity contribution is 0.221. The molecule has 2 atom stereocenters. The van der Waals surface area contributed by atoms with Gasteiger partial charge in [-0.25, -0.2) is 8.42 Å². The monoisotopic (exact) mass is 220 g/mol. The van der Waals surface area contributed by atoms with E-state index in [9.17, 15) is 8.42 Å². The lowest BCUT2D eigenvalue weighted by atomic mass is 10.1. The number of likely N-dealkylation sites (tertiary alicyclic amines) is 1. The molecule has 0 amide bonds. The molecule has 0 bridgehead atoms. The van der Waals surface area contributed by atoms with Crippen LogP contribution in [0.15, 0.2) is 0 Å². The van der Waals surface area contributed by atoms with E-state index in [-0.39, 0.29) is 11.3 Å². The van der Waals surface area contributed by atoms with Gasteiger partial charge in [0.1, 0.15) is 0 Å². The van der Waals surface area contributed by atoms with Gasteiger partial charge in [0.05, 0.1) is 5.25 Å². The maximum absolute atomic E-state index is 11.4. The van der Waals surface area contributed by atoms with Gasteiger partial charge < -0.3 is 10.6 Å². The summed E-state index contributed by atoms with van der Waals surface area (Å²) < 4.78 is 22.7. The lowest BCUT2D eigenvalue weighted by Crippen LogP contribution is -2.45. The summed E-state index contributed by atoms with van der Waals surface area (Å²) in [5.41, 5.74) is 5.69. The van der Waals surface area contributed by atoms with E-state index in [4.69, 9.17) is 5.73 Å². The zero-order valence-corrected chi connectivity index (χ0v) is 9.76. The van der Waals surface area contributed by atoms with Gasteiger partial charge in [-0.15, -0.1) is 0 Å². The minimum absolute atomic E-state index is 0.119. The second-order valence-corrected chi connectivity index (χ2v) is 6.66. The molecule has 84 valence electrons. The van der Waals surface area contributed by atoms with Crippen LogP contribution in [-0.4, -0.2) is 50.5 Å². The normalized spacial score (nSPS) is 27.5. The predicted molar refractivity (Wildman–Crippen MR) is 58.0 cm³/mol. The molecule has 1 saturated heterocycles. The topological polar surface area (TPSA) is 63.4 Å². The van der Waals surface area contributed by atoms with Crippen LogP contribution in [0.2, 0.25) is 0 Å². The van der Waals surface area contributed by atoms with E-state index in [0.717, 1.165) is 25.9 Å². The molecular formula is C9H20N2O2S. The third-order valence-corrected chi connectivity index (χ3v) is 4.21. The van der Waals surface area contributed by atoms with E-state index in [1.54, 1.807) is 0 Å². The Balaban J connectivity index is 2.52. The summed E-state index contributed by atoms with van der Waals surface area (Å²) in [6.07, 6.45) is 3.09. The van der Waals surface area contributed by atoms with Crippen LogP contribution in [0.4, 0.5) is 0 Å². The molecule has 5 heteroatoms. The Kier molecular flexibility index (Phi) is 3.92. The fraction of sp³-hybridized carbons (Fsp3) is 1.00. The molecule has 1 aliphatic heterocycles. The Morgan fingerprint density at radius 2 is 2.21 bits per heavy atom. The molecule has 1 aliphatic rings. The molecular weight excluding hydrogens is 200 g/mol. The van der Waals surface area contributed by atoms with Crippen LogP contribution in [-0.2, 0) is 9.84 Å². The predicted octanol–water partition coefficient (Wildman–Crippen LogP) is -0.157. The maximum Gasteiger partial charge on any atom is 0.151 e. The fourth-order valence-corrected chi connectivity index (χ4v) is 3.01. The minimum atomic E-state index is -2.88. The molecule has 2 unspecified atom stereocenters. The molecule has 0 aromatic rings. The first-order valence-corrected chi connectivity index (χ1v) is 7.02. The highest BCUT2D eigenvalue weighted by atomic mass is 32.2. The van der Waals surface area contributed by atoms with Crippen LogP contribution in [0.1, 0.15) is 19.8 Å². The van der Waals surface area contributed by atoms with Gasteiger partial charge in [0.25, 0.3) is 0 Å². The number of sulfone groups is 1. The van der Waals surface area contributed by atoms with Crippen molar-refractivity contribution in [2.24, 2.45) is 5.73 Å². The second kappa shape index (κ2) is 4.59. The molecule has 4 nitrogen and oxygen atoms in total. The van der Waals surface area contributed by atoms with Crippen molar-refractivity contribution in [3.05, 3.63) is 0 Å². The molecule has 0 aromatic carbocycles. The lowest BCUT2D eigenvalue weighted by Gasteiger charge is -2.32. The van der Waals surface area contributed by atoms with Gasteiger partial charge in [-0.1, -0.05) is 0 Å². The van der Waals surface area contributed by atoms with Gasteiger partial charge in [0.15, 0.2) is 9.84 Å². The van der Waals surface area contributed by atoms with Gasteiger partial charge in [0, 0.05) is 25.4 Å². The smallest absolute Gasteiger partial charge is 0.151 e. The van der Waals surface area contributed by atoms with Crippen molar-refractivity contribution in [1.29, 1.82) is 0 Å². The van der Waals surface area contributed by atoms with E-state index in [0.29, 0.717) is 6.54 Å². The molecule has 0 spiro atoms. The van der Waals surface area contributed by atoms with E-state index in [1.165, 1.54) is 6.26 Å².